The molecule has 2 heterocycles. The molecule has 0 amide bonds. The van der Waals surface area contributed by atoms with E-state index in [1.807, 2.05) is 17.8 Å². The average molecular weight is 265 g/mol. The maximum absolute atomic E-state index is 6.07. The van der Waals surface area contributed by atoms with E-state index in [4.69, 9.17) is 16.6 Å². The van der Waals surface area contributed by atoms with Crippen LogP contribution in [0, 0.1) is 0 Å². The molecule has 0 saturated carbocycles. The Morgan fingerprint density at radius 3 is 3.29 bits per heavy atom. The summed E-state index contributed by atoms with van der Waals surface area (Å²) in [7, 11) is 0. The Bertz CT molecular complexity index is 514. The lowest BCUT2D eigenvalue weighted by Gasteiger charge is -2.32. The average Bonchev–Trinajstić information content (AvgIpc) is 2.88. The van der Waals surface area contributed by atoms with Gasteiger partial charge in [0.2, 0.25) is 0 Å². The molecule has 1 aromatic rings. The molecule has 0 radical (unpaired) electrons. The van der Waals surface area contributed by atoms with Gasteiger partial charge in [-0.25, -0.2) is 0 Å². The summed E-state index contributed by atoms with van der Waals surface area (Å²) in [6.07, 6.45) is 2.35. The molecule has 0 N–H and O–H groups in total. The molecule has 1 saturated heterocycles. The van der Waals surface area contributed by atoms with E-state index in [2.05, 4.69) is 17.0 Å². The molecule has 1 aromatic carbocycles. The molecule has 0 spiro atoms. The van der Waals surface area contributed by atoms with Crippen LogP contribution in [-0.2, 0) is 6.42 Å². The van der Waals surface area contributed by atoms with Gasteiger partial charge in [-0.05, 0) is 36.1 Å². The van der Waals surface area contributed by atoms with E-state index < -0.39 is 0 Å². The topological polar surface area (TPSA) is 15.6 Å². The van der Waals surface area contributed by atoms with Gasteiger partial charge in [-0.15, -0.1) is 0 Å². The highest BCUT2D eigenvalue weighted by Gasteiger charge is 2.42. The third-order valence-corrected chi connectivity index (χ3v) is 5.18. The van der Waals surface area contributed by atoms with Crippen LogP contribution < -0.4 is 0 Å². The zero-order valence-corrected chi connectivity index (χ0v) is 11.0. The molecular formula is C13H13ClN2S. The van der Waals surface area contributed by atoms with E-state index in [1.165, 1.54) is 35.0 Å². The van der Waals surface area contributed by atoms with Gasteiger partial charge in [0, 0.05) is 17.3 Å². The van der Waals surface area contributed by atoms with Crippen LogP contribution in [-0.4, -0.2) is 28.4 Å². The zero-order chi connectivity index (χ0) is 11.4. The van der Waals surface area contributed by atoms with Crippen molar-refractivity contribution < 1.29 is 0 Å². The zero-order valence-electron chi connectivity index (χ0n) is 9.40. The Morgan fingerprint density at radius 2 is 2.35 bits per heavy atom. The molecule has 17 heavy (non-hydrogen) atoms. The second-order valence-corrected chi connectivity index (χ2v) is 6.35. The number of amidine groups is 1. The Labute approximate surface area is 110 Å². The third kappa shape index (κ3) is 1.45. The Morgan fingerprint density at radius 1 is 1.41 bits per heavy atom. The summed E-state index contributed by atoms with van der Waals surface area (Å²) >= 11 is 7.97. The van der Waals surface area contributed by atoms with Gasteiger partial charge in [-0.1, -0.05) is 29.4 Å². The minimum absolute atomic E-state index is 0.360. The summed E-state index contributed by atoms with van der Waals surface area (Å²) < 4.78 is 0. The minimum Gasteiger partial charge on any atom is -0.345 e. The maximum Gasteiger partial charge on any atom is 0.160 e. The van der Waals surface area contributed by atoms with E-state index in [0.717, 1.165) is 11.4 Å². The lowest BCUT2D eigenvalue weighted by molar-refractivity contribution is 0.297. The first-order valence-electron chi connectivity index (χ1n) is 6.08. The molecule has 1 fully saturated rings. The van der Waals surface area contributed by atoms with Crippen LogP contribution in [0.15, 0.2) is 23.2 Å². The van der Waals surface area contributed by atoms with Gasteiger partial charge in [-0.2, -0.15) is 0 Å². The first-order valence-corrected chi connectivity index (χ1v) is 7.45. The quantitative estimate of drug-likeness (QED) is 0.716. The van der Waals surface area contributed by atoms with Gasteiger partial charge >= 0.3 is 0 Å². The van der Waals surface area contributed by atoms with Crippen molar-refractivity contribution in [1.29, 1.82) is 0 Å². The van der Waals surface area contributed by atoms with Crippen LogP contribution in [0.1, 0.15) is 23.6 Å². The normalized spacial score (nSPS) is 29.7. The second-order valence-electron chi connectivity index (χ2n) is 4.85. The van der Waals surface area contributed by atoms with E-state index in [-0.39, 0.29) is 0 Å². The fraction of sp³-hybridized carbons (Fsp3) is 0.462. The summed E-state index contributed by atoms with van der Waals surface area (Å²) in [6, 6.07) is 7.25. The summed E-state index contributed by atoms with van der Waals surface area (Å²) in [5.41, 5.74) is 2.79. The number of benzene rings is 1. The van der Waals surface area contributed by atoms with Crippen molar-refractivity contribution in [2.24, 2.45) is 4.99 Å². The Hall–Kier alpha value is -0.670. The number of aliphatic imine (C=N–C) groups is 1. The van der Waals surface area contributed by atoms with Crippen molar-refractivity contribution in [2.75, 3.05) is 12.3 Å². The maximum atomic E-state index is 6.07. The van der Waals surface area contributed by atoms with Crippen molar-refractivity contribution in [3.63, 3.8) is 0 Å². The molecular weight excluding hydrogens is 252 g/mol. The number of nitrogens with zero attached hydrogens (tertiary/aromatic N) is 2. The van der Waals surface area contributed by atoms with Crippen LogP contribution in [0.3, 0.4) is 0 Å². The van der Waals surface area contributed by atoms with E-state index >= 15 is 0 Å². The van der Waals surface area contributed by atoms with Gasteiger partial charge in [0.05, 0.1) is 12.1 Å². The van der Waals surface area contributed by atoms with Crippen molar-refractivity contribution >= 4 is 28.5 Å². The molecule has 4 rings (SSSR count). The summed E-state index contributed by atoms with van der Waals surface area (Å²) in [6.45, 7) is 1.17. The van der Waals surface area contributed by atoms with Crippen LogP contribution >= 0.6 is 23.4 Å². The van der Waals surface area contributed by atoms with Gasteiger partial charge in [0.15, 0.2) is 5.17 Å². The van der Waals surface area contributed by atoms with Crippen LogP contribution in [0.2, 0.25) is 5.02 Å². The molecule has 88 valence electrons. The standard InChI is InChI=1S/C13H13ClN2S/c14-9-2-3-10-8(7-9)1-4-11-12(10)15-13-16(11)5-6-17-13/h2-3,7,11-12H,1,4-6H2. The Kier molecular flexibility index (Phi) is 2.21. The van der Waals surface area contributed by atoms with Crippen molar-refractivity contribution in [1.82, 2.24) is 4.90 Å². The summed E-state index contributed by atoms with van der Waals surface area (Å²) in [5, 5.41) is 2.12. The monoisotopic (exact) mass is 264 g/mol. The van der Waals surface area contributed by atoms with E-state index in [0.29, 0.717) is 12.1 Å². The largest absolute Gasteiger partial charge is 0.345 e. The highest BCUT2D eigenvalue weighted by Crippen LogP contribution is 2.44. The Balaban J connectivity index is 1.80. The SMILES string of the molecule is Clc1ccc2c(c1)CCC1C2N=C2SCCN21. The summed E-state index contributed by atoms with van der Waals surface area (Å²) in [5.74, 6) is 1.20. The van der Waals surface area contributed by atoms with Crippen LogP contribution in [0.25, 0.3) is 0 Å². The number of rotatable bonds is 0. The molecule has 2 aliphatic heterocycles. The number of thioether (sulfide) groups is 1. The molecule has 2 unspecified atom stereocenters. The number of halogens is 1. The van der Waals surface area contributed by atoms with Crippen LogP contribution in [0.5, 0.6) is 0 Å². The summed E-state index contributed by atoms with van der Waals surface area (Å²) in [4.78, 5) is 7.41. The van der Waals surface area contributed by atoms with Gasteiger partial charge < -0.3 is 4.90 Å². The lowest BCUT2D eigenvalue weighted by Crippen LogP contribution is -2.36. The lowest BCUT2D eigenvalue weighted by atomic mass is 9.84. The first kappa shape index (κ1) is 10.3. The second kappa shape index (κ2) is 3.66. The number of hydrogen-bond acceptors (Lipinski definition) is 3. The predicted molar refractivity (Wildman–Crippen MR) is 72.9 cm³/mol. The highest BCUT2D eigenvalue weighted by molar-refractivity contribution is 8.14. The van der Waals surface area contributed by atoms with Crippen LogP contribution in [0.4, 0.5) is 0 Å². The third-order valence-electron chi connectivity index (χ3n) is 3.96. The van der Waals surface area contributed by atoms with Gasteiger partial charge in [0.1, 0.15) is 0 Å². The molecule has 1 aliphatic carbocycles. The number of aryl methyl sites for hydroxylation is 1. The minimum atomic E-state index is 0.360. The molecule has 4 heteroatoms. The van der Waals surface area contributed by atoms with Crippen molar-refractivity contribution in [3.8, 4) is 0 Å². The first-order chi connectivity index (χ1) is 8.33. The van der Waals surface area contributed by atoms with E-state index in [9.17, 15) is 0 Å². The molecule has 2 nitrogen and oxygen atoms in total. The smallest absolute Gasteiger partial charge is 0.160 e. The molecule has 0 aromatic heterocycles. The highest BCUT2D eigenvalue weighted by atomic mass is 35.5. The predicted octanol–water partition coefficient (Wildman–Crippen LogP) is 3.11. The van der Waals surface area contributed by atoms with Gasteiger partial charge in [0.25, 0.3) is 0 Å². The number of hydrogen-bond donors (Lipinski definition) is 0. The fourth-order valence-corrected chi connectivity index (χ4v) is 4.43. The van der Waals surface area contributed by atoms with E-state index in [1.54, 1.807) is 0 Å². The van der Waals surface area contributed by atoms with Gasteiger partial charge in [-0.3, -0.25) is 4.99 Å². The number of fused-ring (bicyclic) bond motifs is 5. The molecule has 2 atom stereocenters. The van der Waals surface area contributed by atoms with Crippen molar-refractivity contribution in [3.05, 3.63) is 34.3 Å². The molecule has 3 aliphatic rings. The molecule has 0 bridgehead atoms. The fourth-order valence-electron chi connectivity index (χ4n) is 3.18. The van der Waals surface area contributed by atoms with Crippen molar-refractivity contribution in [2.45, 2.75) is 24.9 Å².